The molecule has 3 heteroatoms. The van der Waals surface area contributed by atoms with Crippen LogP contribution in [0, 0.1) is 8.99 Å². The number of benzene rings is 1. The predicted molar refractivity (Wildman–Crippen MR) is 72.9 cm³/mol. The van der Waals surface area contributed by atoms with Crippen molar-refractivity contribution in [2.45, 2.75) is 18.3 Å². The second-order valence-electron chi connectivity index (χ2n) is 4.70. The number of halogens is 2. The predicted octanol–water partition coefficient (Wildman–Crippen LogP) is 3.73. The third kappa shape index (κ3) is 1.25. The van der Waals surface area contributed by atoms with Gasteiger partial charge < -0.3 is 4.74 Å². The molecule has 80 valence electrons. The zero-order chi connectivity index (χ0) is 10.7. The van der Waals surface area contributed by atoms with Gasteiger partial charge >= 0.3 is 0 Å². The number of rotatable bonds is 3. The van der Waals surface area contributed by atoms with E-state index in [1.165, 1.54) is 22.0 Å². The minimum Gasteiger partial charge on any atom is -0.497 e. The maximum absolute atomic E-state index is 5.30. The van der Waals surface area contributed by atoms with Crippen LogP contribution in [0.25, 0.3) is 0 Å². The van der Waals surface area contributed by atoms with Crippen LogP contribution in [0.5, 0.6) is 5.75 Å². The van der Waals surface area contributed by atoms with Crippen molar-refractivity contribution in [3.8, 4) is 5.75 Å². The van der Waals surface area contributed by atoms with Gasteiger partial charge in [-0.15, -0.1) is 0 Å². The van der Waals surface area contributed by atoms with E-state index in [2.05, 4.69) is 50.7 Å². The van der Waals surface area contributed by atoms with Gasteiger partial charge in [0, 0.05) is 14.3 Å². The number of hydrogen-bond donors (Lipinski definition) is 0. The third-order valence-corrected chi connectivity index (χ3v) is 6.00. The Morgan fingerprint density at radius 3 is 2.73 bits per heavy atom. The van der Waals surface area contributed by atoms with E-state index in [0.29, 0.717) is 10.8 Å². The average Bonchev–Trinajstić information content (AvgIpc) is 3.04. The maximum atomic E-state index is 5.30. The summed E-state index contributed by atoms with van der Waals surface area (Å²) < 4.78 is 6.69. The lowest BCUT2D eigenvalue weighted by Crippen LogP contribution is -1.98. The zero-order valence-electron chi connectivity index (χ0n) is 8.52. The van der Waals surface area contributed by atoms with Crippen LogP contribution in [0.1, 0.15) is 18.4 Å². The molecule has 1 aromatic carbocycles. The lowest BCUT2D eigenvalue weighted by atomic mass is 10.0. The van der Waals surface area contributed by atoms with Gasteiger partial charge in [0.15, 0.2) is 0 Å². The minimum atomic E-state index is 0.502. The smallest absolute Gasteiger partial charge is 0.119 e. The summed E-state index contributed by atoms with van der Waals surface area (Å²) in [6.07, 6.45) is 2.71. The Labute approximate surface area is 112 Å². The van der Waals surface area contributed by atoms with Crippen LogP contribution in [0.4, 0.5) is 0 Å². The van der Waals surface area contributed by atoms with Crippen LogP contribution in [-0.2, 0) is 5.41 Å². The lowest BCUT2D eigenvalue weighted by Gasteiger charge is -2.09. The lowest BCUT2D eigenvalue weighted by molar-refractivity contribution is 0.414. The summed E-state index contributed by atoms with van der Waals surface area (Å²) in [4.78, 5) is 0. The first-order chi connectivity index (χ1) is 7.17. The number of methoxy groups -OCH3 is 1. The molecule has 0 atom stereocenters. The molecule has 0 unspecified atom stereocenters. The normalized spacial score (nSPS) is 35.9. The summed E-state index contributed by atoms with van der Waals surface area (Å²) in [5.41, 5.74) is 2.60. The molecule has 0 heterocycles. The first-order valence-electron chi connectivity index (χ1n) is 5.07. The van der Waals surface area contributed by atoms with Crippen LogP contribution >= 0.6 is 38.5 Å². The van der Waals surface area contributed by atoms with Crippen molar-refractivity contribution in [3.63, 3.8) is 0 Å². The van der Waals surface area contributed by atoms with E-state index >= 15 is 0 Å². The molecule has 0 amide bonds. The highest BCUT2D eigenvalue weighted by atomic mass is 127. The van der Waals surface area contributed by atoms with Crippen molar-refractivity contribution in [3.05, 3.63) is 27.3 Å². The van der Waals surface area contributed by atoms with Crippen molar-refractivity contribution >= 4 is 38.5 Å². The molecule has 2 saturated carbocycles. The van der Waals surface area contributed by atoms with E-state index in [0.717, 1.165) is 11.1 Å². The number of alkyl halides is 1. The summed E-state index contributed by atoms with van der Waals surface area (Å²) in [7, 11) is 1.74. The van der Waals surface area contributed by atoms with Crippen molar-refractivity contribution in [1.29, 1.82) is 0 Å². The van der Waals surface area contributed by atoms with Crippen LogP contribution in [0.15, 0.2) is 18.2 Å². The summed E-state index contributed by atoms with van der Waals surface area (Å²) in [5, 5.41) is 1.15. The molecule has 0 radical (unpaired) electrons. The number of fused-ring (bicyclic) bond motifs is 1. The molecule has 0 N–H and O–H groups in total. The monoisotopic (exact) mass is 378 g/mol. The number of ether oxygens (including phenoxy) is 1. The van der Waals surface area contributed by atoms with Crippen molar-refractivity contribution < 1.29 is 4.74 Å². The molecular weight excluding hydrogens is 367 g/mol. The Morgan fingerprint density at radius 2 is 2.20 bits per heavy atom. The van der Waals surface area contributed by atoms with Gasteiger partial charge in [-0.25, -0.2) is 0 Å². The first-order valence-corrected chi connectivity index (χ1v) is 7.27. The zero-order valence-corrected chi connectivity index (χ0v) is 12.3. The van der Waals surface area contributed by atoms with E-state index in [9.17, 15) is 0 Å². The third-order valence-electron chi connectivity index (χ3n) is 3.99. The van der Waals surface area contributed by atoms with Gasteiger partial charge in [-0.3, -0.25) is 0 Å². The van der Waals surface area contributed by atoms with E-state index in [4.69, 9.17) is 4.74 Å². The molecule has 1 aromatic rings. The van der Waals surface area contributed by atoms with Crippen LogP contribution in [0.2, 0.25) is 0 Å². The van der Waals surface area contributed by atoms with E-state index < -0.39 is 0 Å². The molecule has 15 heavy (non-hydrogen) atoms. The van der Waals surface area contributed by atoms with Gasteiger partial charge in [0.1, 0.15) is 5.75 Å². The molecule has 1 nitrogen and oxygen atoms in total. The fourth-order valence-electron chi connectivity index (χ4n) is 2.71. The van der Waals surface area contributed by atoms with Gasteiger partial charge in [0.25, 0.3) is 0 Å². The van der Waals surface area contributed by atoms with E-state index in [1.807, 2.05) is 6.07 Å². The Hall–Kier alpha value is 0.230. The topological polar surface area (TPSA) is 9.23 Å². The highest BCUT2D eigenvalue weighted by molar-refractivity contribution is 14.1. The quantitative estimate of drug-likeness (QED) is 0.575. The molecule has 2 aliphatic rings. The molecular formula is C12H12BrIO. The van der Waals surface area contributed by atoms with Gasteiger partial charge in [0.05, 0.1) is 7.11 Å². The molecule has 0 bridgehead atoms. The first kappa shape index (κ1) is 10.4. The standard InChI is InChI=1S/C12H12BrIO/c1-15-8-2-3-10(14)9(4-8)12-5-11(12,6-12)7-13/h2-4H,5-7H2,1H3. The Balaban J connectivity index is 2.00. The van der Waals surface area contributed by atoms with Gasteiger partial charge in [-0.2, -0.15) is 0 Å². The fraction of sp³-hybridized carbons (Fsp3) is 0.500. The average molecular weight is 379 g/mol. The molecule has 0 aliphatic heterocycles. The van der Waals surface area contributed by atoms with Crippen LogP contribution < -0.4 is 4.74 Å². The van der Waals surface area contributed by atoms with Crippen molar-refractivity contribution in [2.75, 3.05) is 12.4 Å². The van der Waals surface area contributed by atoms with Crippen molar-refractivity contribution in [1.82, 2.24) is 0 Å². The SMILES string of the molecule is COc1ccc(I)c(C23CC2(CBr)C3)c1. The molecule has 0 saturated heterocycles. The molecule has 2 aliphatic carbocycles. The Morgan fingerprint density at radius 1 is 1.47 bits per heavy atom. The Bertz CT molecular complexity index is 424. The van der Waals surface area contributed by atoms with E-state index in [-0.39, 0.29) is 0 Å². The second-order valence-corrected chi connectivity index (χ2v) is 6.42. The molecule has 0 aromatic heterocycles. The van der Waals surface area contributed by atoms with E-state index in [1.54, 1.807) is 7.11 Å². The fourth-order valence-corrected chi connectivity index (χ4v) is 4.50. The van der Waals surface area contributed by atoms with Gasteiger partial charge in [0.2, 0.25) is 0 Å². The molecule has 3 rings (SSSR count). The summed E-state index contributed by atoms with van der Waals surface area (Å²) in [6, 6.07) is 6.43. The highest BCUT2D eigenvalue weighted by Gasteiger charge is 2.82. The van der Waals surface area contributed by atoms with Crippen molar-refractivity contribution in [2.24, 2.45) is 5.41 Å². The highest BCUT2D eigenvalue weighted by Crippen LogP contribution is 2.86. The van der Waals surface area contributed by atoms with Crippen LogP contribution in [0.3, 0.4) is 0 Å². The minimum absolute atomic E-state index is 0.502. The largest absolute Gasteiger partial charge is 0.497 e. The number of hydrogen-bond acceptors (Lipinski definition) is 1. The molecule has 0 spiro atoms. The van der Waals surface area contributed by atoms with Crippen LogP contribution in [-0.4, -0.2) is 12.4 Å². The van der Waals surface area contributed by atoms with Gasteiger partial charge in [-0.05, 0) is 64.6 Å². The summed E-state index contributed by atoms with van der Waals surface area (Å²) in [6.45, 7) is 0. The second kappa shape index (κ2) is 3.13. The summed E-state index contributed by atoms with van der Waals surface area (Å²) in [5.74, 6) is 0.988. The molecule has 2 fully saturated rings. The Kier molecular flexibility index (Phi) is 2.16. The maximum Gasteiger partial charge on any atom is 0.119 e. The summed E-state index contributed by atoms with van der Waals surface area (Å²) >= 11 is 6.07. The van der Waals surface area contributed by atoms with Gasteiger partial charge in [-0.1, -0.05) is 15.9 Å².